The van der Waals surface area contributed by atoms with Gasteiger partial charge >= 0.3 is 0 Å². The molecule has 0 spiro atoms. The average Bonchev–Trinajstić information content (AvgIpc) is 2.66. The van der Waals surface area contributed by atoms with Crippen LogP contribution in [0.4, 0.5) is 0 Å². The molecule has 154 valence electrons. The van der Waals surface area contributed by atoms with Crippen molar-refractivity contribution < 1.29 is 0 Å². The van der Waals surface area contributed by atoms with Crippen LogP contribution in [0.1, 0.15) is 130 Å². The van der Waals surface area contributed by atoms with Crippen molar-refractivity contribution in [2.75, 3.05) is 0 Å². The molecule has 0 saturated heterocycles. The van der Waals surface area contributed by atoms with Gasteiger partial charge in [0.1, 0.15) is 0 Å². The molecule has 0 amide bonds. The molecule has 0 heteroatoms. The second kappa shape index (κ2) is 29.0. The maximum absolute atomic E-state index is 3.68. The van der Waals surface area contributed by atoms with Crippen LogP contribution in [-0.4, -0.2) is 0 Å². The maximum atomic E-state index is 3.68. The lowest BCUT2D eigenvalue weighted by Crippen LogP contribution is -1.77. The Bertz CT molecular complexity index is 284. The lowest BCUT2D eigenvalue weighted by Gasteiger charge is -1.97. The summed E-state index contributed by atoms with van der Waals surface area (Å²) in [6, 6.07) is 0. The molecule has 0 fully saturated rings. The summed E-state index contributed by atoms with van der Waals surface area (Å²) in [5, 5.41) is 0. The van der Waals surface area contributed by atoms with E-state index in [0.29, 0.717) is 0 Å². The molecular weight excluding hydrogens is 312 g/mol. The Kier molecular flexibility index (Phi) is 30.6. The topological polar surface area (TPSA) is 0 Å². The summed E-state index contributed by atoms with van der Waals surface area (Å²) < 4.78 is 0. The summed E-state index contributed by atoms with van der Waals surface area (Å²) in [6.07, 6.45) is 34.1. The lowest BCUT2D eigenvalue weighted by atomic mass is 10.1. The second-order valence-electron chi connectivity index (χ2n) is 7.37. The molecule has 0 N–H and O–H groups in total. The summed E-state index contributed by atoms with van der Waals surface area (Å²) in [7, 11) is 0. The highest BCUT2D eigenvalue weighted by atomic mass is 13.9. The van der Waals surface area contributed by atoms with Gasteiger partial charge in [0.05, 0.1) is 0 Å². The minimum absolute atomic E-state index is 1.02. The maximum Gasteiger partial charge on any atom is -0.0172 e. The first-order valence-corrected chi connectivity index (χ1v) is 11.7. The van der Waals surface area contributed by atoms with Crippen LogP contribution in [0.5, 0.6) is 0 Å². The molecule has 0 aromatic heterocycles. The van der Waals surface area contributed by atoms with Crippen LogP contribution in [0.3, 0.4) is 0 Å². The van der Waals surface area contributed by atoms with Crippen molar-refractivity contribution in [3.63, 3.8) is 0 Å². The first-order valence-electron chi connectivity index (χ1n) is 11.7. The third-order valence-electron chi connectivity index (χ3n) is 4.54. The molecule has 0 aliphatic carbocycles. The highest BCUT2D eigenvalue weighted by Gasteiger charge is 1.88. The first-order chi connectivity index (χ1) is 12.8. The van der Waals surface area contributed by atoms with Crippen molar-refractivity contribution in [2.24, 2.45) is 0 Å². The predicted octanol–water partition coefficient (Wildman–Crippen LogP) is 9.96. The molecular formula is C26H50. The monoisotopic (exact) mass is 362 g/mol. The van der Waals surface area contributed by atoms with Gasteiger partial charge in [-0.2, -0.15) is 0 Å². The van der Waals surface area contributed by atoms with Gasteiger partial charge in [0.2, 0.25) is 0 Å². The summed E-state index contributed by atoms with van der Waals surface area (Å²) in [6.45, 7) is 10.4. The summed E-state index contributed by atoms with van der Waals surface area (Å²) in [5.41, 5.74) is 0. The minimum Gasteiger partial charge on any atom is -0.103 e. The fourth-order valence-electron chi connectivity index (χ4n) is 2.80. The fourth-order valence-corrected chi connectivity index (χ4v) is 2.80. The zero-order valence-electron chi connectivity index (χ0n) is 18.6. The summed E-state index contributed by atoms with van der Waals surface area (Å²) in [4.78, 5) is 0. The van der Waals surface area contributed by atoms with Crippen molar-refractivity contribution in [3.05, 3.63) is 37.0 Å². The van der Waals surface area contributed by atoms with E-state index in [0.717, 1.165) is 6.42 Å². The molecule has 0 saturated carbocycles. The number of unbranched alkanes of at least 4 members (excludes halogenated alkanes) is 13. The van der Waals surface area contributed by atoms with Gasteiger partial charge in [-0.1, -0.05) is 122 Å². The Hall–Kier alpha value is -0.780. The molecule has 0 aromatic rings. The smallest absolute Gasteiger partial charge is 0.0172 e. The summed E-state index contributed by atoms with van der Waals surface area (Å²) >= 11 is 0. The van der Waals surface area contributed by atoms with Crippen LogP contribution in [0.15, 0.2) is 37.0 Å². The summed E-state index contributed by atoms with van der Waals surface area (Å²) in [5.74, 6) is 0. The van der Waals surface area contributed by atoms with Gasteiger partial charge in [0.15, 0.2) is 0 Å². The molecule has 0 atom stereocenters. The van der Waals surface area contributed by atoms with E-state index in [2.05, 4.69) is 51.7 Å². The van der Waals surface area contributed by atoms with Crippen molar-refractivity contribution >= 4 is 0 Å². The number of hydrogen-bond acceptors (Lipinski definition) is 0. The highest BCUT2D eigenvalue weighted by molar-refractivity contribution is 4.88. The van der Waals surface area contributed by atoms with Crippen LogP contribution in [0.25, 0.3) is 0 Å². The van der Waals surface area contributed by atoms with Gasteiger partial charge in [0.25, 0.3) is 0 Å². The van der Waals surface area contributed by atoms with Gasteiger partial charge in [0, 0.05) is 0 Å². The zero-order valence-corrected chi connectivity index (χ0v) is 18.6. The van der Waals surface area contributed by atoms with Gasteiger partial charge < -0.3 is 0 Å². The Balaban J connectivity index is 0. The Morgan fingerprint density at radius 2 is 0.885 bits per heavy atom. The SMILES string of the molecule is C=CCC=CCCCCCCCC.CCCC=CCCCCCCCC. The Labute approximate surface area is 167 Å². The fraction of sp³-hybridized carbons (Fsp3) is 0.769. The van der Waals surface area contributed by atoms with Gasteiger partial charge in [-0.15, -0.1) is 6.58 Å². The van der Waals surface area contributed by atoms with Gasteiger partial charge in [-0.05, 0) is 38.5 Å². The minimum atomic E-state index is 1.02. The van der Waals surface area contributed by atoms with E-state index in [1.165, 1.54) is 103 Å². The molecule has 0 nitrogen and oxygen atoms in total. The first kappa shape index (κ1) is 27.4. The van der Waals surface area contributed by atoms with E-state index in [1.54, 1.807) is 0 Å². The van der Waals surface area contributed by atoms with Gasteiger partial charge in [-0.25, -0.2) is 0 Å². The van der Waals surface area contributed by atoms with E-state index >= 15 is 0 Å². The number of allylic oxidation sites excluding steroid dienone is 5. The van der Waals surface area contributed by atoms with Crippen LogP contribution < -0.4 is 0 Å². The van der Waals surface area contributed by atoms with Crippen LogP contribution in [-0.2, 0) is 0 Å². The van der Waals surface area contributed by atoms with Crippen molar-refractivity contribution in [2.45, 2.75) is 130 Å². The van der Waals surface area contributed by atoms with E-state index in [-0.39, 0.29) is 0 Å². The van der Waals surface area contributed by atoms with Crippen LogP contribution in [0, 0.1) is 0 Å². The standard InChI is InChI=1S/C13H26.C13H24/c2*1-3-5-7-9-11-13-12-10-8-6-4-2/h7,9H,3-6,8,10-13H2,1-2H3;3,7,9H,1,4-6,8,10-13H2,2H3. The number of hydrogen-bond donors (Lipinski definition) is 0. The van der Waals surface area contributed by atoms with E-state index in [1.807, 2.05) is 6.08 Å². The zero-order chi connectivity index (χ0) is 19.6. The quantitative estimate of drug-likeness (QED) is 0.168. The van der Waals surface area contributed by atoms with Crippen molar-refractivity contribution in [1.29, 1.82) is 0 Å². The van der Waals surface area contributed by atoms with Crippen molar-refractivity contribution in [1.82, 2.24) is 0 Å². The molecule has 0 aliphatic heterocycles. The molecule has 0 rings (SSSR count). The molecule has 0 radical (unpaired) electrons. The van der Waals surface area contributed by atoms with E-state index in [9.17, 15) is 0 Å². The molecule has 0 heterocycles. The Morgan fingerprint density at radius 1 is 0.462 bits per heavy atom. The third-order valence-corrected chi connectivity index (χ3v) is 4.54. The molecule has 0 aromatic carbocycles. The van der Waals surface area contributed by atoms with Crippen molar-refractivity contribution in [3.8, 4) is 0 Å². The van der Waals surface area contributed by atoms with E-state index in [4.69, 9.17) is 0 Å². The molecule has 26 heavy (non-hydrogen) atoms. The molecule has 0 bridgehead atoms. The predicted molar refractivity (Wildman–Crippen MR) is 124 cm³/mol. The normalized spacial score (nSPS) is 11.0. The number of rotatable bonds is 18. The Morgan fingerprint density at radius 3 is 1.35 bits per heavy atom. The largest absolute Gasteiger partial charge is 0.103 e. The molecule has 0 aliphatic rings. The highest BCUT2D eigenvalue weighted by Crippen LogP contribution is 2.08. The second-order valence-corrected chi connectivity index (χ2v) is 7.37. The van der Waals surface area contributed by atoms with Gasteiger partial charge in [-0.3, -0.25) is 0 Å². The van der Waals surface area contributed by atoms with E-state index < -0.39 is 0 Å². The van der Waals surface area contributed by atoms with Crippen LogP contribution >= 0.6 is 0 Å². The third kappa shape index (κ3) is 31.0. The lowest BCUT2D eigenvalue weighted by molar-refractivity contribution is 0.611. The van der Waals surface area contributed by atoms with Crippen LogP contribution in [0.2, 0.25) is 0 Å². The average molecular weight is 363 g/mol. The molecule has 0 unspecified atom stereocenters.